The van der Waals surface area contributed by atoms with E-state index in [9.17, 15) is 9.18 Å². The Morgan fingerprint density at radius 3 is 3.04 bits per heavy atom. The first kappa shape index (κ1) is 16.4. The van der Waals surface area contributed by atoms with Gasteiger partial charge in [-0.25, -0.2) is 14.4 Å². The lowest BCUT2D eigenvalue weighted by Crippen LogP contribution is -2.41. The summed E-state index contributed by atoms with van der Waals surface area (Å²) >= 11 is 0. The molecule has 7 nitrogen and oxygen atoms in total. The summed E-state index contributed by atoms with van der Waals surface area (Å²) in [6.07, 6.45) is 5.04. The molecule has 3 aromatic rings. The van der Waals surface area contributed by atoms with Crippen LogP contribution < -0.4 is 4.74 Å². The minimum atomic E-state index is -0.473. The number of hydrogen-bond acceptors (Lipinski definition) is 5. The molecule has 2 aromatic heterocycles. The first-order valence-electron chi connectivity index (χ1n) is 8.52. The molecule has 1 aliphatic rings. The molecule has 0 bridgehead atoms. The Kier molecular flexibility index (Phi) is 4.47. The standard InChI is InChI=1S/C18H18FN5O2/c19-13-5-1-2-6-14(13)26-11-15(25)24-9-3-4-12(10-24)16-17-18(23-22-16)21-8-7-20-17/h1-2,5-8,12H,3-4,9-11H2,(H,21,22,23)/t12-/m0/s1. The maximum absolute atomic E-state index is 13.6. The molecule has 1 N–H and O–H groups in total. The number of aromatic amines is 1. The molecule has 0 spiro atoms. The largest absolute Gasteiger partial charge is 0.481 e. The molecular weight excluding hydrogens is 337 g/mol. The fourth-order valence-electron chi connectivity index (χ4n) is 3.29. The number of halogens is 1. The lowest BCUT2D eigenvalue weighted by atomic mass is 9.94. The number of H-pyrrole nitrogens is 1. The van der Waals surface area contributed by atoms with Crippen molar-refractivity contribution in [1.29, 1.82) is 0 Å². The van der Waals surface area contributed by atoms with Crippen LogP contribution in [0.4, 0.5) is 4.39 Å². The molecule has 4 rings (SSSR count). The minimum absolute atomic E-state index is 0.0873. The molecule has 1 fully saturated rings. The summed E-state index contributed by atoms with van der Waals surface area (Å²) in [5, 5.41) is 7.20. The van der Waals surface area contributed by atoms with Gasteiger partial charge < -0.3 is 9.64 Å². The van der Waals surface area contributed by atoms with E-state index in [2.05, 4.69) is 20.2 Å². The van der Waals surface area contributed by atoms with Gasteiger partial charge in [0.05, 0.1) is 5.69 Å². The van der Waals surface area contributed by atoms with Crippen molar-refractivity contribution >= 4 is 17.1 Å². The van der Waals surface area contributed by atoms with Crippen LogP contribution in [0.2, 0.25) is 0 Å². The van der Waals surface area contributed by atoms with E-state index in [0.717, 1.165) is 24.1 Å². The fourth-order valence-corrected chi connectivity index (χ4v) is 3.29. The number of likely N-dealkylation sites (tertiary alicyclic amines) is 1. The first-order chi connectivity index (χ1) is 12.7. The van der Waals surface area contributed by atoms with Crippen LogP contribution in [-0.2, 0) is 4.79 Å². The molecule has 1 aliphatic heterocycles. The van der Waals surface area contributed by atoms with Crippen LogP contribution in [0.5, 0.6) is 5.75 Å². The van der Waals surface area contributed by atoms with Crippen molar-refractivity contribution in [3.8, 4) is 5.75 Å². The average Bonchev–Trinajstić information content (AvgIpc) is 3.11. The number of hydrogen-bond donors (Lipinski definition) is 1. The van der Waals surface area contributed by atoms with Crippen molar-refractivity contribution in [2.45, 2.75) is 18.8 Å². The van der Waals surface area contributed by atoms with E-state index >= 15 is 0 Å². The third-order valence-electron chi connectivity index (χ3n) is 4.59. The van der Waals surface area contributed by atoms with Crippen molar-refractivity contribution in [2.24, 2.45) is 0 Å². The SMILES string of the molecule is O=C(COc1ccccc1F)N1CCC[C@H](c2[nH]nc3nccnc23)C1. The van der Waals surface area contributed by atoms with Gasteiger partial charge in [-0.1, -0.05) is 12.1 Å². The molecule has 0 radical (unpaired) electrons. The second-order valence-corrected chi connectivity index (χ2v) is 6.26. The number of ether oxygens (including phenoxy) is 1. The number of nitrogens with zero attached hydrogens (tertiary/aromatic N) is 4. The highest BCUT2D eigenvalue weighted by molar-refractivity contribution is 5.78. The number of carbonyl (C=O) groups is 1. The van der Waals surface area contributed by atoms with Crippen molar-refractivity contribution in [1.82, 2.24) is 25.1 Å². The number of aromatic nitrogens is 4. The van der Waals surface area contributed by atoms with Crippen LogP contribution >= 0.6 is 0 Å². The van der Waals surface area contributed by atoms with Crippen LogP contribution in [0.25, 0.3) is 11.2 Å². The molecule has 1 amide bonds. The van der Waals surface area contributed by atoms with Crippen molar-refractivity contribution in [3.05, 3.63) is 48.2 Å². The number of fused-ring (bicyclic) bond motifs is 1. The van der Waals surface area contributed by atoms with Crippen LogP contribution in [0, 0.1) is 5.82 Å². The smallest absolute Gasteiger partial charge is 0.260 e. The highest BCUT2D eigenvalue weighted by Gasteiger charge is 2.28. The number of amides is 1. The molecule has 0 aliphatic carbocycles. The van der Waals surface area contributed by atoms with Gasteiger partial charge in [0.1, 0.15) is 5.52 Å². The van der Waals surface area contributed by atoms with E-state index in [0.29, 0.717) is 18.7 Å². The lowest BCUT2D eigenvalue weighted by Gasteiger charge is -2.32. The van der Waals surface area contributed by atoms with Gasteiger partial charge in [0.15, 0.2) is 23.8 Å². The van der Waals surface area contributed by atoms with E-state index < -0.39 is 5.82 Å². The molecule has 3 heterocycles. The molecule has 26 heavy (non-hydrogen) atoms. The van der Waals surface area contributed by atoms with Crippen molar-refractivity contribution < 1.29 is 13.9 Å². The summed E-state index contributed by atoms with van der Waals surface area (Å²) in [5.41, 5.74) is 2.23. The molecule has 8 heteroatoms. The zero-order chi connectivity index (χ0) is 17.9. The van der Waals surface area contributed by atoms with E-state index in [-0.39, 0.29) is 24.2 Å². The molecule has 1 aromatic carbocycles. The predicted octanol–water partition coefficient (Wildman–Crippen LogP) is 2.28. The Balaban J connectivity index is 1.43. The number of rotatable bonds is 4. The number of nitrogens with one attached hydrogen (secondary N) is 1. The van der Waals surface area contributed by atoms with Crippen LogP contribution in [-0.4, -0.2) is 50.7 Å². The monoisotopic (exact) mass is 355 g/mol. The molecule has 1 saturated heterocycles. The predicted molar refractivity (Wildman–Crippen MR) is 92.1 cm³/mol. The third kappa shape index (κ3) is 3.22. The Morgan fingerprint density at radius 1 is 1.31 bits per heavy atom. The van der Waals surface area contributed by atoms with Gasteiger partial charge >= 0.3 is 0 Å². The van der Waals surface area contributed by atoms with Crippen LogP contribution in [0.3, 0.4) is 0 Å². The van der Waals surface area contributed by atoms with E-state index in [1.54, 1.807) is 29.4 Å². The topological polar surface area (TPSA) is 84.0 Å². The highest BCUT2D eigenvalue weighted by Crippen LogP contribution is 2.29. The number of piperidine rings is 1. The second-order valence-electron chi connectivity index (χ2n) is 6.26. The first-order valence-corrected chi connectivity index (χ1v) is 8.52. The lowest BCUT2D eigenvalue weighted by molar-refractivity contribution is -0.134. The van der Waals surface area contributed by atoms with E-state index in [4.69, 9.17) is 4.74 Å². The summed E-state index contributed by atoms with van der Waals surface area (Å²) in [6.45, 7) is 1.03. The van der Waals surface area contributed by atoms with E-state index in [1.807, 2.05) is 0 Å². The number of carbonyl (C=O) groups excluding carboxylic acids is 1. The minimum Gasteiger partial charge on any atom is -0.481 e. The van der Waals surface area contributed by atoms with Crippen molar-refractivity contribution in [3.63, 3.8) is 0 Å². The Bertz CT molecular complexity index is 929. The normalized spacial score (nSPS) is 17.4. The quantitative estimate of drug-likeness (QED) is 0.776. The molecular formula is C18H18FN5O2. The molecule has 1 atom stereocenters. The van der Waals surface area contributed by atoms with Crippen LogP contribution in [0.15, 0.2) is 36.7 Å². The van der Waals surface area contributed by atoms with Crippen LogP contribution in [0.1, 0.15) is 24.5 Å². The maximum Gasteiger partial charge on any atom is 0.260 e. The number of benzene rings is 1. The van der Waals surface area contributed by atoms with Gasteiger partial charge in [0, 0.05) is 31.4 Å². The third-order valence-corrected chi connectivity index (χ3v) is 4.59. The van der Waals surface area contributed by atoms with Gasteiger partial charge in [-0.3, -0.25) is 9.89 Å². The summed E-state index contributed by atoms with van der Waals surface area (Å²) in [4.78, 5) is 22.8. The fraction of sp³-hybridized carbons (Fsp3) is 0.333. The summed E-state index contributed by atoms with van der Waals surface area (Å²) in [7, 11) is 0. The summed E-state index contributed by atoms with van der Waals surface area (Å²) in [6, 6.07) is 6.07. The molecule has 0 saturated carbocycles. The van der Waals surface area contributed by atoms with Gasteiger partial charge in [-0.2, -0.15) is 5.10 Å². The second kappa shape index (κ2) is 7.07. The number of para-hydroxylation sites is 1. The average molecular weight is 355 g/mol. The van der Waals surface area contributed by atoms with Gasteiger partial charge in [0.25, 0.3) is 5.91 Å². The molecule has 134 valence electrons. The Hall–Kier alpha value is -3.03. The maximum atomic E-state index is 13.6. The zero-order valence-corrected chi connectivity index (χ0v) is 14.1. The van der Waals surface area contributed by atoms with E-state index in [1.165, 1.54) is 12.1 Å². The summed E-state index contributed by atoms with van der Waals surface area (Å²) < 4.78 is 18.9. The highest BCUT2D eigenvalue weighted by atomic mass is 19.1. The van der Waals surface area contributed by atoms with Gasteiger partial charge in [0.2, 0.25) is 0 Å². The Morgan fingerprint density at radius 2 is 2.15 bits per heavy atom. The molecule has 0 unspecified atom stereocenters. The van der Waals surface area contributed by atoms with Gasteiger partial charge in [-0.15, -0.1) is 0 Å². The van der Waals surface area contributed by atoms with Crippen molar-refractivity contribution in [2.75, 3.05) is 19.7 Å². The van der Waals surface area contributed by atoms with Gasteiger partial charge in [-0.05, 0) is 25.0 Å². The summed E-state index contributed by atoms with van der Waals surface area (Å²) in [5.74, 6) is -0.431. The zero-order valence-electron chi connectivity index (χ0n) is 14.1. The Labute approximate surface area is 149 Å².